The number of aliphatic carboxylic acids is 1. The Kier molecular flexibility index (Phi) is 4.78. The number of nitrogens with zero attached hydrogens (tertiary/aromatic N) is 1. The van der Waals surface area contributed by atoms with Crippen molar-refractivity contribution in [3.63, 3.8) is 0 Å². The van der Waals surface area contributed by atoms with Crippen molar-refractivity contribution in [3.8, 4) is 0 Å². The van der Waals surface area contributed by atoms with E-state index in [0.717, 1.165) is 12.8 Å². The van der Waals surface area contributed by atoms with Crippen LogP contribution in [0.5, 0.6) is 0 Å². The highest BCUT2D eigenvalue weighted by Gasteiger charge is 2.34. The summed E-state index contributed by atoms with van der Waals surface area (Å²) in [6, 6.07) is -0.238. The number of hydrogen-bond donors (Lipinski definition) is 2. The minimum Gasteiger partial charge on any atom is -0.481 e. The lowest BCUT2D eigenvalue weighted by Gasteiger charge is -2.28. The molecule has 2 atom stereocenters. The summed E-state index contributed by atoms with van der Waals surface area (Å²) >= 11 is 0. The zero-order valence-corrected chi connectivity index (χ0v) is 10.8. The molecule has 1 fully saturated rings. The average Bonchev–Trinajstić information content (AvgIpc) is 2.66. The molecule has 1 saturated carbocycles. The van der Waals surface area contributed by atoms with E-state index >= 15 is 0 Å². The Morgan fingerprint density at radius 1 is 1.41 bits per heavy atom. The molecule has 5 nitrogen and oxygen atoms in total. The summed E-state index contributed by atoms with van der Waals surface area (Å²) in [6.07, 6.45) is 2.29. The molecule has 1 aliphatic rings. The SMILES string of the molecule is CCN(C(=O)NC1CCCC1C(=O)O)C(C)C. The fourth-order valence-electron chi connectivity index (χ4n) is 2.41. The van der Waals surface area contributed by atoms with Crippen LogP contribution in [0.2, 0.25) is 0 Å². The van der Waals surface area contributed by atoms with Gasteiger partial charge in [0, 0.05) is 18.6 Å². The van der Waals surface area contributed by atoms with Gasteiger partial charge in [-0.3, -0.25) is 4.79 Å². The summed E-state index contributed by atoms with van der Waals surface area (Å²) in [6.45, 7) is 6.45. The van der Waals surface area contributed by atoms with Crippen LogP contribution in [-0.2, 0) is 4.79 Å². The lowest BCUT2D eigenvalue weighted by Crippen LogP contribution is -2.49. The van der Waals surface area contributed by atoms with Crippen molar-refractivity contribution in [2.45, 2.75) is 52.1 Å². The summed E-state index contributed by atoms with van der Waals surface area (Å²) in [5.74, 6) is -1.23. The molecular formula is C12H22N2O3. The van der Waals surface area contributed by atoms with E-state index in [-0.39, 0.29) is 18.1 Å². The van der Waals surface area contributed by atoms with Crippen molar-refractivity contribution in [3.05, 3.63) is 0 Å². The summed E-state index contributed by atoms with van der Waals surface area (Å²) in [7, 11) is 0. The second kappa shape index (κ2) is 5.89. The van der Waals surface area contributed by atoms with Crippen LogP contribution in [0.25, 0.3) is 0 Å². The molecule has 0 aromatic rings. The number of hydrogen-bond acceptors (Lipinski definition) is 2. The highest BCUT2D eigenvalue weighted by molar-refractivity contribution is 5.77. The summed E-state index contributed by atoms with van der Waals surface area (Å²) < 4.78 is 0. The van der Waals surface area contributed by atoms with E-state index in [4.69, 9.17) is 5.11 Å². The fraction of sp³-hybridized carbons (Fsp3) is 0.833. The molecule has 0 spiro atoms. The monoisotopic (exact) mass is 242 g/mol. The van der Waals surface area contributed by atoms with Crippen LogP contribution in [0.4, 0.5) is 4.79 Å². The van der Waals surface area contributed by atoms with Gasteiger partial charge in [-0.2, -0.15) is 0 Å². The van der Waals surface area contributed by atoms with E-state index in [1.165, 1.54) is 0 Å². The van der Waals surface area contributed by atoms with Gasteiger partial charge in [0.15, 0.2) is 0 Å². The predicted molar refractivity (Wildman–Crippen MR) is 64.8 cm³/mol. The Hall–Kier alpha value is -1.26. The molecule has 2 N–H and O–H groups in total. The van der Waals surface area contributed by atoms with Gasteiger partial charge in [-0.1, -0.05) is 6.42 Å². The van der Waals surface area contributed by atoms with Crippen molar-refractivity contribution >= 4 is 12.0 Å². The highest BCUT2D eigenvalue weighted by atomic mass is 16.4. The number of carboxylic acid groups (broad SMARTS) is 1. The minimum atomic E-state index is -0.805. The molecule has 0 bridgehead atoms. The first-order valence-corrected chi connectivity index (χ1v) is 6.27. The molecule has 0 aliphatic heterocycles. The van der Waals surface area contributed by atoms with Gasteiger partial charge < -0.3 is 15.3 Å². The molecule has 5 heteroatoms. The van der Waals surface area contributed by atoms with E-state index < -0.39 is 11.9 Å². The maximum absolute atomic E-state index is 12.0. The van der Waals surface area contributed by atoms with Gasteiger partial charge in [0.25, 0.3) is 0 Å². The second-order valence-corrected chi connectivity index (χ2v) is 4.81. The molecule has 0 aromatic heterocycles. The minimum absolute atomic E-state index is 0.129. The Morgan fingerprint density at radius 3 is 2.53 bits per heavy atom. The number of amides is 2. The lowest BCUT2D eigenvalue weighted by molar-refractivity contribution is -0.142. The zero-order chi connectivity index (χ0) is 13.0. The third-order valence-corrected chi connectivity index (χ3v) is 3.37. The smallest absolute Gasteiger partial charge is 0.317 e. The Bertz CT molecular complexity index is 291. The molecule has 2 amide bonds. The van der Waals surface area contributed by atoms with Crippen LogP contribution < -0.4 is 5.32 Å². The van der Waals surface area contributed by atoms with Crippen LogP contribution in [0.1, 0.15) is 40.0 Å². The van der Waals surface area contributed by atoms with Gasteiger partial charge in [0.1, 0.15) is 0 Å². The summed E-state index contributed by atoms with van der Waals surface area (Å²) in [5, 5.41) is 11.9. The van der Waals surface area contributed by atoms with Crippen molar-refractivity contribution in [2.24, 2.45) is 5.92 Å². The van der Waals surface area contributed by atoms with Gasteiger partial charge in [-0.05, 0) is 33.6 Å². The number of nitrogens with one attached hydrogen (secondary N) is 1. The lowest BCUT2D eigenvalue weighted by atomic mass is 10.0. The zero-order valence-electron chi connectivity index (χ0n) is 10.8. The van der Waals surface area contributed by atoms with Gasteiger partial charge in [0.2, 0.25) is 0 Å². The quantitative estimate of drug-likeness (QED) is 0.788. The first-order chi connectivity index (χ1) is 7.97. The number of carbonyl (C=O) groups excluding carboxylic acids is 1. The van der Waals surface area contributed by atoms with Crippen LogP contribution in [0.3, 0.4) is 0 Å². The van der Waals surface area contributed by atoms with Crippen molar-refractivity contribution in [2.75, 3.05) is 6.54 Å². The molecule has 1 aliphatic carbocycles. The Morgan fingerprint density at radius 2 is 2.06 bits per heavy atom. The normalized spacial score (nSPS) is 23.8. The van der Waals surface area contributed by atoms with Gasteiger partial charge >= 0.3 is 12.0 Å². The first-order valence-electron chi connectivity index (χ1n) is 6.27. The van der Waals surface area contributed by atoms with Crippen LogP contribution in [-0.4, -0.2) is 40.6 Å². The Labute approximate surface area is 102 Å². The molecule has 1 rings (SSSR count). The second-order valence-electron chi connectivity index (χ2n) is 4.81. The van der Waals surface area contributed by atoms with E-state index in [1.807, 2.05) is 20.8 Å². The number of rotatable bonds is 4. The molecule has 0 aromatic carbocycles. The maximum Gasteiger partial charge on any atom is 0.317 e. The molecule has 17 heavy (non-hydrogen) atoms. The van der Waals surface area contributed by atoms with Gasteiger partial charge in [-0.15, -0.1) is 0 Å². The van der Waals surface area contributed by atoms with Gasteiger partial charge in [-0.25, -0.2) is 4.79 Å². The summed E-state index contributed by atoms with van der Waals surface area (Å²) in [4.78, 5) is 24.7. The number of urea groups is 1. The van der Waals surface area contributed by atoms with Gasteiger partial charge in [0.05, 0.1) is 5.92 Å². The molecule has 2 unspecified atom stereocenters. The molecule has 0 radical (unpaired) electrons. The van der Waals surface area contributed by atoms with E-state index in [2.05, 4.69) is 5.32 Å². The van der Waals surface area contributed by atoms with Crippen LogP contribution in [0, 0.1) is 5.92 Å². The van der Waals surface area contributed by atoms with Crippen LogP contribution >= 0.6 is 0 Å². The first kappa shape index (κ1) is 13.8. The topological polar surface area (TPSA) is 69.6 Å². The fourth-order valence-corrected chi connectivity index (χ4v) is 2.41. The highest BCUT2D eigenvalue weighted by Crippen LogP contribution is 2.26. The third-order valence-electron chi connectivity index (χ3n) is 3.37. The third kappa shape index (κ3) is 3.35. The van der Waals surface area contributed by atoms with Crippen LogP contribution in [0.15, 0.2) is 0 Å². The maximum atomic E-state index is 12.0. The number of carboxylic acids is 1. The van der Waals surface area contributed by atoms with Crippen molar-refractivity contribution in [1.82, 2.24) is 10.2 Å². The van der Waals surface area contributed by atoms with Crippen molar-refractivity contribution < 1.29 is 14.7 Å². The van der Waals surface area contributed by atoms with E-state index in [9.17, 15) is 9.59 Å². The average molecular weight is 242 g/mol. The van der Waals surface area contributed by atoms with E-state index in [1.54, 1.807) is 4.90 Å². The molecule has 0 heterocycles. The van der Waals surface area contributed by atoms with E-state index in [0.29, 0.717) is 13.0 Å². The molecular weight excluding hydrogens is 220 g/mol. The molecule has 0 saturated heterocycles. The predicted octanol–water partition coefficient (Wildman–Crippen LogP) is 1.68. The largest absolute Gasteiger partial charge is 0.481 e. The Balaban J connectivity index is 2.58. The number of carbonyl (C=O) groups is 2. The molecule has 98 valence electrons. The standard InChI is InChI=1S/C12H22N2O3/c1-4-14(8(2)3)12(17)13-10-7-5-6-9(10)11(15)16/h8-10H,4-7H2,1-3H3,(H,13,17)(H,15,16). The summed E-state index contributed by atoms with van der Waals surface area (Å²) in [5.41, 5.74) is 0. The van der Waals surface area contributed by atoms with Crippen molar-refractivity contribution in [1.29, 1.82) is 0 Å².